The molecule has 33 heavy (non-hydrogen) atoms. The Bertz CT molecular complexity index is 1080. The Kier molecular flexibility index (Phi) is 7.55. The highest BCUT2D eigenvalue weighted by molar-refractivity contribution is 6.08. The number of fused-ring (bicyclic) bond motifs is 1. The number of aromatic hydroxyl groups is 1. The van der Waals surface area contributed by atoms with Gasteiger partial charge in [-0.05, 0) is 64.2 Å². The molecule has 176 valence electrons. The van der Waals surface area contributed by atoms with E-state index in [2.05, 4.69) is 37.1 Å². The van der Waals surface area contributed by atoms with Crippen molar-refractivity contribution in [3.63, 3.8) is 0 Å². The van der Waals surface area contributed by atoms with Gasteiger partial charge in [-0.3, -0.25) is 14.7 Å². The number of nitrogens with one attached hydrogen (secondary N) is 2. The van der Waals surface area contributed by atoms with Gasteiger partial charge in [0.1, 0.15) is 11.4 Å². The fourth-order valence-corrected chi connectivity index (χ4v) is 3.32. The van der Waals surface area contributed by atoms with Gasteiger partial charge < -0.3 is 25.0 Å². The maximum atomic E-state index is 12.5. The first kappa shape index (κ1) is 24.1. The summed E-state index contributed by atoms with van der Waals surface area (Å²) in [6, 6.07) is 12.5. The highest BCUT2D eigenvalue weighted by Crippen LogP contribution is 2.25. The SMILES string of the molecule is CC(C)(C)OC=O.CN1CCN(c2ccc(C(=O)Nc3n[nH]c4cc(O)ccc34)cc2)CC1. The summed E-state index contributed by atoms with van der Waals surface area (Å²) in [6.45, 7) is 10.0. The van der Waals surface area contributed by atoms with Gasteiger partial charge in [0.15, 0.2) is 5.82 Å². The average Bonchev–Trinajstić information content (AvgIpc) is 3.15. The molecular weight excluding hydrogens is 422 g/mol. The van der Waals surface area contributed by atoms with Crippen molar-refractivity contribution in [2.45, 2.75) is 26.4 Å². The molecule has 3 aromatic rings. The van der Waals surface area contributed by atoms with Crippen LogP contribution in [0.15, 0.2) is 42.5 Å². The highest BCUT2D eigenvalue weighted by Gasteiger charge is 2.16. The van der Waals surface area contributed by atoms with Crippen LogP contribution in [0.3, 0.4) is 0 Å². The number of hydrogen-bond acceptors (Lipinski definition) is 7. The molecule has 3 N–H and O–H groups in total. The second-order valence-corrected chi connectivity index (χ2v) is 8.92. The van der Waals surface area contributed by atoms with Crippen molar-refractivity contribution >= 4 is 34.8 Å². The molecule has 2 aromatic carbocycles. The highest BCUT2D eigenvalue weighted by atomic mass is 16.5. The Morgan fingerprint density at radius 2 is 1.79 bits per heavy atom. The Hall–Kier alpha value is -3.59. The van der Waals surface area contributed by atoms with Crippen LogP contribution in [0.25, 0.3) is 10.9 Å². The number of carbonyl (C=O) groups excluding carboxylic acids is 2. The fourth-order valence-electron chi connectivity index (χ4n) is 3.32. The van der Waals surface area contributed by atoms with E-state index in [-0.39, 0.29) is 17.3 Å². The predicted molar refractivity (Wildman–Crippen MR) is 129 cm³/mol. The first-order valence-electron chi connectivity index (χ1n) is 10.8. The molecule has 1 fully saturated rings. The van der Waals surface area contributed by atoms with Crippen molar-refractivity contribution in [3.05, 3.63) is 48.0 Å². The van der Waals surface area contributed by atoms with Crippen molar-refractivity contribution in [1.82, 2.24) is 15.1 Å². The molecule has 9 heteroatoms. The number of anilines is 2. The summed E-state index contributed by atoms with van der Waals surface area (Å²) in [5.74, 6) is 0.392. The van der Waals surface area contributed by atoms with Crippen LogP contribution >= 0.6 is 0 Å². The van der Waals surface area contributed by atoms with E-state index in [1.165, 1.54) is 0 Å². The third-order valence-electron chi connectivity index (χ3n) is 5.18. The molecule has 1 aliphatic heterocycles. The standard InChI is InChI=1S/C19H21N5O2.C5H10O2/c1-23-8-10-24(11-9-23)14-4-2-13(3-5-14)19(26)20-18-16-7-6-15(25)12-17(16)21-22-18;1-5(2,3)7-4-6/h2-7,12,25H,8-11H2,1H3,(H2,20,21,22,26);4H,1-3H3. The van der Waals surface area contributed by atoms with Gasteiger partial charge in [-0.1, -0.05) is 0 Å². The van der Waals surface area contributed by atoms with Gasteiger partial charge in [-0.2, -0.15) is 5.10 Å². The summed E-state index contributed by atoms with van der Waals surface area (Å²) in [5, 5.41) is 20.0. The number of phenols is 1. The zero-order valence-electron chi connectivity index (χ0n) is 19.5. The van der Waals surface area contributed by atoms with E-state index in [1.54, 1.807) is 18.2 Å². The van der Waals surface area contributed by atoms with Gasteiger partial charge in [-0.25, -0.2) is 0 Å². The minimum absolute atomic E-state index is 0.151. The molecule has 0 bridgehead atoms. The van der Waals surface area contributed by atoms with Crippen LogP contribution in [-0.4, -0.2) is 71.4 Å². The van der Waals surface area contributed by atoms with Crippen LogP contribution < -0.4 is 10.2 Å². The van der Waals surface area contributed by atoms with E-state index in [0.717, 1.165) is 37.3 Å². The molecule has 9 nitrogen and oxygen atoms in total. The minimum atomic E-state index is -0.318. The Morgan fingerprint density at radius 1 is 1.12 bits per heavy atom. The lowest BCUT2D eigenvalue weighted by Gasteiger charge is -2.34. The minimum Gasteiger partial charge on any atom is -0.508 e. The van der Waals surface area contributed by atoms with Gasteiger partial charge in [-0.15, -0.1) is 0 Å². The largest absolute Gasteiger partial charge is 0.508 e. The molecule has 1 amide bonds. The first-order valence-corrected chi connectivity index (χ1v) is 10.8. The number of likely N-dealkylation sites (N-methyl/N-ethyl adjacent to an activating group) is 1. The molecule has 0 radical (unpaired) electrons. The second kappa shape index (κ2) is 10.4. The molecule has 1 aliphatic rings. The maximum absolute atomic E-state index is 12.5. The second-order valence-electron chi connectivity index (χ2n) is 8.92. The van der Waals surface area contributed by atoms with Gasteiger partial charge in [0.25, 0.3) is 12.4 Å². The van der Waals surface area contributed by atoms with E-state index in [9.17, 15) is 14.7 Å². The van der Waals surface area contributed by atoms with Crippen LogP contribution in [0, 0.1) is 0 Å². The zero-order valence-corrected chi connectivity index (χ0v) is 19.5. The van der Waals surface area contributed by atoms with Gasteiger partial charge in [0.05, 0.1) is 5.52 Å². The van der Waals surface area contributed by atoms with Gasteiger partial charge in [0, 0.05) is 48.9 Å². The lowest BCUT2D eigenvalue weighted by molar-refractivity contribution is -0.138. The lowest BCUT2D eigenvalue weighted by atomic mass is 10.1. The molecule has 0 spiro atoms. The number of rotatable bonds is 4. The molecule has 4 rings (SSSR count). The quantitative estimate of drug-likeness (QED) is 0.520. The van der Waals surface area contributed by atoms with Crippen molar-refractivity contribution in [2.75, 3.05) is 43.4 Å². The molecule has 1 aromatic heterocycles. The third-order valence-corrected chi connectivity index (χ3v) is 5.18. The van der Waals surface area contributed by atoms with Crippen molar-refractivity contribution in [1.29, 1.82) is 0 Å². The number of carbonyl (C=O) groups is 2. The fraction of sp³-hybridized carbons (Fsp3) is 0.375. The monoisotopic (exact) mass is 453 g/mol. The van der Waals surface area contributed by atoms with Gasteiger partial charge >= 0.3 is 0 Å². The molecular formula is C24H31N5O4. The number of piperazine rings is 1. The number of H-pyrrole nitrogens is 1. The van der Waals surface area contributed by atoms with E-state index in [1.807, 2.05) is 45.0 Å². The third kappa shape index (κ3) is 6.69. The molecule has 1 saturated heterocycles. The topological polar surface area (TPSA) is 111 Å². The number of amides is 1. The predicted octanol–water partition coefficient (Wildman–Crippen LogP) is 3.23. The number of aromatic nitrogens is 2. The van der Waals surface area contributed by atoms with Crippen LogP contribution in [-0.2, 0) is 9.53 Å². The normalized spacial score (nSPS) is 14.4. The number of hydrogen-bond donors (Lipinski definition) is 3. The Balaban J connectivity index is 0.000000383. The summed E-state index contributed by atoms with van der Waals surface area (Å²) in [4.78, 5) is 26.8. The zero-order chi connectivity index (χ0) is 24.0. The van der Waals surface area contributed by atoms with Crippen LogP contribution in [0.2, 0.25) is 0 Å². The number of nitrogens with zero attached hydrogens (tertiary/aromatic N) is 3. The molecule has 0 atom stereocenters. The van der Waals surface area contributed by atoms with Crippen LogP contribution in [0.4, 0.5) is 11.5 Å². The van der Waals surface area contributed by atoms with E-state index in [4.69, 9.17) is 0 Å². The molecule has 2 heterocycles. The Morgan fingerprint density at radius 3 is 2.36 bits per heavy atom. The summed E-state index contributed by atoms with van der Waals surface area (Å²) in [6.07, 6.45) is 0. The smallest absolute Gasteiger partial charge is 0.293 e. The first-order chi connectivity index (χ1) is 15.7. The van der Waals surface area contributed by atoms with E-state index in [0.29, 0.717) is 23.4 Å². The number of phenolic OH excluding ortho intramolecular Hbond substituents is 1. The summed E-state index contributed by atoms with van der Waals surface area (Å²) >= 11 is 0. The summed E-state index contributed by atoms with van der Waals surface area (Å²) in [5.41, 5.74) is 2.07. The van der Waals surface area contributed by atoms with E-state index >= 15 is 0 Å². The molecule has 0 aliphatic carbocycles. The van der Waals surface area contributed by atoms with Crippen molar-refractivity contribution in [3.8, 4) is 5.75 Å². The number of aromatic amines is 1. The molecule has 0 unspecified atom stereocenters. The van der Waals surface area contributed by atoms with E-state index < -0.39 is 0 Å². The summed E-state index contributed by atoms with van der Waals surface area (Å²) < 4.78 is 4.55. The summed E-state index contributed by atoms with van der Waals surface area (Å²) in [7, 11) is 2.13. The number of benzene rings is 2. The number of ether oxygens (including phenoxy) is 1. The lowest BCUT2D eigenvalue weighted by Crippen LogP contribution is -2.44. The van der Waals surface area contributed by atoms with Crippen LogP contribution in [0.1, 0.15) is 31.1 Å². The van der Waals surface area contributed by atoms with Crippen molar-refractivity contribution < 1.29 is 19.4 Å². The van der Waals surface area contributed by atoms with Crippen LogP contribution in [0.5, 0.6) is 5.75 Å². The van der Waals surface area contributed by atoms with Gasteiger partial charge in [0.2, 0.25) is 0 Å². The maximum Gasteiger partial charge on any atom is 0.293 e. The molecule has 0 saturated carbocycles. The Labute approximate surface area is 193 Å². The van der Waals surface area contributed by atoms with Crippen molar-refractivity contribution in [2.24, 2.45) is 0 Å². The average molecular weight is 454 g/mol.